The van der Waals surface area contributed by atoms with E-state index in [0.717, 1.165) is 37.5 Å². The van der Waals surface area contributed by atoms with E-state index in [-0.39, 0.29) is 6.10 Å². The van der Waals surface area contributed by atoms with Gasteiger partial charge < -0.3 is 14.3 Å². The number of piperidine rings is 1. The number of carbonyl (C=O) groups is 1. The fraction of sp³-hybridized carbons (Fsp3) is 0.720. The van der Waals surface area contributed by atoms with Crippen LogP contribution in [0.4, 0.5) is 4.79 Å². The average molecular weight is 431 g/mol. The summed E-state index contributed by atoms with van der Waals surface area (Å²) in [5, 5.41) is 1.68. The van der Waals surface area contributed by atoms with Gasteiger partial charge in [-0.15, -0.1) is 5.06 Å². The summed E-state index contributed by atoms with van der Waals surface area (Å²) in [6.07, 6.45) is 8.98. The molecule has 2 fully saturated rings. The molecule has 0 atom stereocenters. The lowest BCUT2D eigenvalue weighted by Gasteiger charge is -2.31. The molecule has 0 N–H and O–H groups in total. The van der Waals surface area contributed by atoms with Crippen molar-refractivity contribution in [2.45, 2.75) is 89.9 Å². The molecule has 0 radical (unpaired) electrons. The van der Waals surface area contributed by atoms with Gasteiger partial charge in [0.1, 0.15) is 17.5 Å². The van der Waals surface area contributed by atoms with E-state index in [0.29, 0.717) is 13.1 Å². The second-order valence-corrected chi connectivity index (χ2v) is 10.2. The zero-order valence-corrected chi connectivity index (χ0v) is 19.4. The van der Waals surface area contributed by atoms with Crippen LogP contribution < -0.4 is 4.74 Å². The number of hydrogen-bond donors (Lipinski definition) is 0. The van der Waals surface area contributed by atoms with Crippen LogP contribution in [-0.4, -0.2) is 60.0 Å². The number of carbonyl (C=O) groups excluding carboxylic acids is 1. The standard InChI is InChI=1S/C25H38N2O4/c1-25(2,3)30-24(28)31-27-16-12-22(13-17-27)29-23-9-8-19-10-14-26(15-11-20(19)18-23)21-6-4-5-7-21/h8-9,18,21-22H,4-7,10-17H2,1-3H3. The highest BCUT2D eigenvalue weighted by Gasteiger charge is 2.27. The van der Waals surface area contributed by atoms with E-state index in [2.05, 4.69) is 23.1 Å². The Morgan fingerprint density at radius 3 is 2.29 bits per heavy atom. The van der Waals surface area contributed by atoms with Crippen LogP contribution in [0.15, 0.2) is 18.2 Å². The Morgan fingerprint density at radius 1 is 0.935 bits per heavy atom. The maximum absolute atomic E-state index is 11.9. The molecule has 0 amide bonds. The molecule has 1 aromatic carbocycles. The summed E-state index contributed by atoms with van der Waals surface area (Å²) in [6.45, 7) is 9.18. The van der Waals surface area contributed by atoms with Crippen molar-refractivity contribution in [3.63, 3.8) is 0 Å². The topological polar surface area (TPSA) is 51.2 Å². The van der Waals surface area contributed by atoms with Gasteiger partial charge in [-0.1, -0.05) is 18.9 Å². The molecule has 0 unspecified atom stereocenters. The Kier molecular flexibility index (Phi) is 7.07. The summed E-state index contributed by atoms with van der Waals surface area (Å²) in [6, 6.07) is 7.46. The number of ether oxygens (including phenoxy) is 2. The molecule has 6 nitrogen and oxygen atoms in total. The van der Waals surface area contributed by atoms with E-state index in [9.17, 15) is 4.79 Å². The molecule has 1 aliphatic carbocycles. The molecule has 6 heteroatoms. The van der Waals surface area contributed by atoms with E-state index >= 15 is 0 Å². The van der Waals surface area contributed by atoms with Crippen molar-refractivity contribution in [3.8, 4) is 5.75 Å². The Hall–Kier alpha value is -1.79. The van der Waals surface area contributed by atoms with Crippen molar-refractivity contribution in [2.75, 3.05) is 26.2 Å². The molecule has 172 valence electrons. The molecule has 1 aromatic rings. The van der Waals surface area contributed by atoms with Gasteiger partial charge in [-0.25, -0.2) is 4.79 Å². The second kappa shape index (κ2) is 9.78. The van der Waals surface area contributed by atoms with Crippen LogP contribution in [0.25, 0.3) is 0 Å². The molecular weight excluding hydrogens is 392 g/mol. The third kappa shape index (κ3) is 6.36. The first-order valence-corrected chi connectivity index (χ1v) is 12.0. The highest BCUT2D eigenvalue weighted by molar-refractivity contribution is 5.60. The van der Waals surface area contributed by atoms with Crippen LogP contribution in [0.5, 0.6) is 5.75 Å². The van der Waals surface area contributed by atoms with Crippen molar-refractivity contribution < 1.29 is 19.1 Å². The number of hydroxylamine groups is 2. The van der Waals surface area contributed by atoms with Crippen LogP contribution in [0.2, 0.25) is 0 Å². The van der Waals surface area contributed by atoms with Gasteiger partial charge in [-0.05, 0) is 69.7 Å². The minimum Gasteiger partial charge on any atom is -0.490 e. The van der Waals surface area contributed by atoms with Crippen LogP contribution >= 0.6 is 0 Å². The molecule has 4 rings (SSSR count). The van der Waals surface area contributed by atoms with Gasteiger partial charge in [-0.2, -0.15) is 0 Å². The molecule has 0 bridgehead atoms. The third-order valence-corrected chi connectivity index (χ3v) is 6.65. The van der Waals surface area contributed by atoms with Crippen molar-refractivity contribution >= 4 is 6.16 Å². The average Bonchev–Trinajstić information content (AvgIpc) is 3.16. The summed E-state index contributed by atoms with van der Waals surface area (Å²) in [7, 11) is 0. The zero-order chi connectivity index (χ0) is 21.8. The van der Waals surface area contributed by atoms with Crippen LogP contribution in [-0.2, 0) is 22.4 Å². The van der Waals surface area contributed by atoms with Gasteiger partial charge in [0, 0.05) is 45.1 Å². The Bertz CT molecular complexity index is 746. The fourth-order valence-electron chi connectivity index (χ4n) is 5.03. The van der Waals surface area contributed by atoms with Crippen LogP contribution in [0.3, 0.4) is 0 Å². The number of benzene rings is 1. The summed E-state index contributed by atoms with van der Waals surface area (Å²) in [5.74, 6) is 0.972. The number of rotatable bonds is 4. The van der Waals surface area contributed by atoms with Crippen molar-refractivity contribution in [1.82, 2.24) is 9.96 Å². The van der Waals surface area contributed by atoms with Crippen molar-refractivity contribution in [1.29, 1.82) is 0 Å². The fourth-order valence-corrected chi connectivity index (χ4v) is 5.03. The lowest BCUT2D eigenvalue weighted by Crippen LogP contribution is -2.40. The Balaban J connectivity index is 1.25. The monoisotopic (exact) mass is 430 g/mol. The first-order valence-electron chi connectivity index (χ1n) is 12.0. The van der Waals surface area contributed by atoms with E-state index in [1.54, 1.807) is 5.06 Å². The molecule has 31 heavy (non-hydrogen) atoms. The third-order valence-electron chi connectivity index (χ3n) is 6.65. The van der Waals surface area contributed by atoms with Crippen LogP contribution in [0.1, 0.15) is 70.4 Å². The van der Waals surface area contributed by atoms with Gasteiger partial charge in [0.25, 0.3) is 0 Å². The van der Waals surface area contributed by atoms with Crippen molar-refractivity contribution in [2.24, 2.45) is 0 Å². The van der Waals surface area contributed by atoms with Gasteiger partial charge in [0.15, 0.2) is 0 Å². The second-order valence-electron chi connectivity index (χ2n) is 10.2. The minimum absolute atomic E-state index is 0.150. The molecule has 1 saturated carbocycles. The lowest BCUT2D eigenvalue weighted by atomic mass is 10.0. The maximum Gasteiger partial charge on any atom is 0.528 e. The molecule has 2 aliphatic heterocycles. The Morgan fingerprint density at radius 2 is 1.61 bits per heavy atom. The van der Waals surface area contributed by atoms with Crippen LogP contribution in [0, 0.1) is 0 Å². The van der Waals surface area contributed by atoms with E-state index in [1.807, 2.05) is 20.8 Å². The largest absolute Gasteiger partial charge is 0.528 e. The number of fused-ring (bicyclic) bond motifs is 1. The van der Waals surface area contributed by atoms with Gasteiger partial charge in [0.05, 0.1) is 0 Å². The van der Waals surface area contributed by atoms with E-state index in [4.69, 9.17) is 14.3 Å². The highest BCUT2D eigenvalue weighted by atomic mass is 16.8. The summed E-state index contributed by atoms with van der Waals surface area (Å²) >= 11 is 0. The highest BCUT2D eigenvalue weighted by Crippen LogP contribution is 2.28. The molecule has 3 aliphatic rings. The quantitative estimate of drug-likeness (QED) is 0.643. The zero-order valence-electron chi connectivity index (χ0n) is 19.4. The molecule has 1 saturated heterocycles. The van der Waals surface area contributed by atoms with E-state index in [1.165, 1.54) is 49.9 Å². The summed E-state index contributed by atoms with van der Waals surface area (Å²) < 4.78 is 11.5. The maximum atomic E-state index is 11.9. The predicted molar refractivity (Wildman–Crippen MR) is 120 cm³/mol. The van der Waals surface area contributed by atoms with Gasteiger partial charge in [-0.3, -0.25) is 4.90 Å². The number of nitrogens with zero attached hydrogens (tertiary/aromatic N) is 2. The molecule has 2 heterocycles. The predicted octanol–water partition coefficient (Wildman–Crippen LogP) is 4.74. The SMILES string of the molecule is CC(C)(C)OC(=O)ON1CCC(Oc2ccc3c(c2)CCN(C2CCCC2)CC3)CC1. The van der Waals surface area contributed by atoms with Gasteiger partial charge >= 0.3 is 6.16 Å². The Labute approximate surface area is 186 Å². The smallest absolute Gasteiger partial charge is 0.490 e. The van der Waals surface area contributed by atoms with E-state index < -0.39 is 11.8 Å². The van der Waals surface area contributed by atoms with Crippen molar-refractivity contribution in [3.05, 3.63) is 29.3 Å². The molecule has 0 spiro atoms. The minimum atomic E-state index is -0.635. The normalized spacial score (nSPS) is 22.0. The molecular formula is C25H38N2O4. The van der Waals surface area contributed by atoms with Gasteiger partial charge in [0.2, 0.25) is 0 Å². The first kappa shape index (κ1) is 22.4. The number of hydrogen-bond acceptors (Lipinski definition) is 6. The molecule has 0 aromatic heterocycles. The summed E-state index contributed by atoms with van der Waals surface area (Å²) in [4.78, 5) is 19.9. The lowest BCUT2D eigenvalue weighted by molar-refractivity contribution is -0.158. The summed E-state index contributed by atoms with van der Waals surface area (Å²) in [5.41, 5.74) is 2.38. The first-order chi connectivity index (χ1) is 14.9.